The lowest BCUT2D eigenvalue weighted by Gasteiger charge is -2.32. The molecule has 142 valence electrons. The second-order valence-corrected chi connectivity index (χ2v) is 9.08. The van der Waals surface area contributed by atoms with E-state index < -0.39 is 5.60 Å². The summed E-state index contributed by atoms with van der Waals surface area (Å²) >= 11 is 1.81. The first kappa shape index (κ1) is 20.2. The third kappa shape index (κ3) is 6.96. The minimum absolute atomic E-state index is 0.231. The van der Waals surface area contributed by atoms with Crippen LogP contribution >= 0.6 is 11.3 Å². The second-order valence-electron chi connectivity index (χ2n) is 8.10. The lowest BCUT2D eigenvalue weighted by molar-refractivity contribution is 0.0489. The van der Waals surface area contributed by atoms with Gasteiger partial charge in [0, 0.05) is 23.5 Å². The van der Waals surface area contributed by atoms with Crippen LogP contribution in [0.3, 0.4) is 0 Å². The maximum atomic E-state index is 11.9. The first-order chi connectivity index (χ1) is 11.7. The molecule has 5 nitrogen and oxygen atoms in total. The van der Waals surface area contributed by atoms with Gasteiger partial charge in [-0.3, -0.25) is 0 Å². The van der Waals surface area contributed by atoms with Crippen LogP contribution in [0.25, 0.3) is 0 Å². The Kier molecular flexibility index (Phi) is 7.28. The summed E-state index contributed by atoms with van der Waals surface area (Å²) in [5, 5.41) is 8.87. The van der Waals surface area contributed by atoms with E-state index in [4.69, 9.17) is 4.74 Å². The molecule has 0 spiro atoms. The summed E-state index contributed by atoms with van der Waals surface area (Å²) in [4.78, 5) is 15.5. The summed E-state index contributed by atoms with van der Waals surface area (Å²) in [5.41, 5.74) is -0.439. The molecular formula is C19H33N3O2S. The fourth-order valence-electron chi connectivity index (χ4n) is 3.21. The molecule has 1 aromatic heterocycles. The second kappa shape index (κ2) is 9.01. The highest BCUT2D eigenvalue weighted by atomic mass is 32.1. The molecule has 0 radical (unpaired) electrons. The van der Waals surface area contributed by atoms with E-state index in [1.54, 1.807) is 0 Å². The lowest BCUT2D eigenvalue weighted by Crippen LogP contribution is -2.45. The summed E-state index contributed by atoms with van der Waals surface area (Å²) in [5.74, 6) is 0. The van der Waals surface area contributed by atoms with Gasteiger partial charge in [0.05, 0.1) is 6.04 Å². The van der Waals surface area contributed by atoms with Crippen LogP contribution in [0.5, 0.6) is 0 Å². The Bertz CT molecular complexity index is 517. The highest BCUT2D eigenvalue weighted by Crippen LogP contribution is 2.24. The van der Waals surface area contributed by atoms with Crippen LogP contribution in [0, 0.1) is 0 Å². The molecule has 1 atom stereocenters. The molecule has 2 N–H and O–H groups in total. The predicted molar refractivity (Wildman–Crippen MR) is 104 cm³/mol. The maximum Gasteiger partial charge on any atom is 0.407 e. The van der Waals surface area contributed by atoms with E-state index >= 15 is 0 Å². The third-order valence-corrected chi connectivity index (χ3v) is 5.52. The van der Waals surface area contributed by atoms with Crippen LogP contribution in [0.1, 0.15) is 57.4 Å². The quantitative estimate of drug-likeness (QED) is 0.803. The van der Waals surface area contributed by atoms with Gasteiger partial charge in [-0.1, -0.05) is 6.07 Å². The summed E-state index contributed by atoms with van der Waals surface area (Å²) in [7, 11) is 4.27. The topological polar surface area (TPSA) is 53.6 Å². The van der Waals surface area contributed by atoms with Crippen molar-refractivity contribution in [3.8, 4) is 0 Å². The maximum absolute atomic E-state index is 11.9. The fraction of sp³-hybridized carbons (Fsp3) is 0.737. The fourth-order valence-corrected chi connectivity index (χ4v) is 4.14. The van der Waals surface area contributed by atoms with E-state index in [0.29, 0.717) is 12.1 Å². The molecule has 1 saturated carbocycles. The molecule has 0 aromatic carbocycles. The zero-order valence-corrected chi connectivity index (χ0v) is 17.0. The van der Waals surface area contributed by atoms with Gasteiger partial charge in [0.2, 0.25) is 0 Å². The molecule has 1 unspecified atom stereocenters. The number of carbonyl (C=O) groups is 1. The van der Waals surface area contributed by atoms with Crippen molar-refractivity contribution in [3.05, 3.63) is 22.4 Å². The molecule has 0 aliphatic heterocycles. The minimum Gasteiger partial charge on any atom is -0.444 e. The van der Waals surface area contributed by atoms with E-state index in [1.807, 2.05) is 32.1 Å². The van der Waals surface area contributed by atoms with Crippen molar-refractivity contribution in [1.82, 2.24) is 15.5 Å². The van der Waals surface area contributed by atoms with Crippen LogP contribution < -0.4 is 10.6 Å². The van der Waals surface area contributed by atoms with Gasteiger partial charge in [-0.2, -0.15) is 0 Å². The van der Waals surface area contributed by atoms with E-state index in [9.17, 15) is 4.79 Å². The zero-order valence-electron chi connectivity index (χ0n) is 16.2. The molecular weight excluding hydrogens is 334 g/mol. The summed E-state index contributed by atoms with van der Waals surface area (Å²) in [6, 6.07) is 5.49. The number of amides is 1. The van der Waals surface area contributed by atoms with Gasteiger partial charge in [0.15, 0.2) is 0 Å². The van der Waals surface area contributed by atoms with Crippen molar-refractivity contribution < 1.29 is 9.53 Å². The van der Waals surface area contributed by atoms with Gasteiger partial charge < -0.3 is 20.3 Å². The number of nitrogens with one attached hydrogen (secondary N) is 2. The molecule has 1 aliphatic carbocycles. The number of alkyl carbamates (subject to hydrolysis) is 1. The SMILES string of the molecule is CN(C)C(CNC1CCC(NC(=O)OC(C)(C)C)CC1)c1cccs1. The standard InChI is InChI=1S/C19H33N3O2S/c1-19(2,3)24-18(23)21-15-10-8-14(9-11-15)20-13-16(22(4)5)17-7-6-12-25-17/h6-7,12,14-16,20H,8-11,13H2,1-5H3,(H,21,23). The van der Waals surface area contributed by atoms with E-state index in [2.05, 4.69) is 47.1 Å². The molecule has 2 rings (SSSR count). The van der Waals surface area contributed by atoms with Crippen LogP contribution in [-0.2, 0) is 4.74 Å². The van der Waals surface area contributed by atoms with Crippen molar-refractivity contribution >= 4 is 17.4 Å². The number of carbonyl (C=O) groups excluding carboxylic acids is 1. The van der Waals surface area contributed by atoms with Crippen LogP contribution in [-0.4, -0.2) is 49.3 Å². The Morgan fingerprint density at radius 1 is 1.28 bits per heavy atom. The average molecular weight is 368 g/mol. The first-order valence-corrected chi connectivity index (χ1v) is 10.1. The normalized spacial score (nSPS) is 22.6. The van der Waals surface area contributed by atoms with Gasteiger partial charge in [-0.25, -0.2) is 4.79 Å². The predicted octanol–water partition coefficient (Wildman–Crippen LogP) is 3.78. The molecule has 1 aliphatic rings. The summed E-state index contributed by atoms with van der Waals surface area (Å²) < 4.78 is 5.34. The summed E-state index contributed by atoms with van der Waals surface area (Å²) in [6.45, 7) is 6.63. The van der Waals surface area contributed by atoms with Crippen LogP contribution in [0.4, 0.5) is 4.79 Å². The summed E-state index contributed by atoms with van der Waals surface area (Å²) in [6.07, 6.45) is 3.88. The van der Waals surface area contributed by atoms with Gasteiger partial charge in [-0.15, -0.1) is 11.3 Å². The number of ether oxygens (including phenoxy) is 1. The number of hydrogen-bond acceptors (Lipinski definition) is 5. The van der Waals surface area contributed by atoms with Crippen LogP contribution in [0.15, 0.2) is 17.5 Å². The van der Waals surface area contributed by atoms with E-state index in [0.717, 1.165) is 32.2 Å². The molecule has 6 heteroatoms. The van der Waals surface area contributed by atoms with Gasteiger partial charge in [0.25, 0.3) is 0 Å². The van der Waals surface area contributed by atoms with Crippen LogP contribution in [0.2, 0.25) is 0 Å². The van der Waals surface area contributed by atoms with Crippen molar-refractivity contribution in [2.45, 2.75) is 70.2 Å². The molecule has 1 heterocycles. The lowest BCUT2D eigenvalue weighted by atomic mass is 9.91. The Morgan fingerprint density at radius 3 is 2.44 bits per heavy atom. The first-order valence-electron chi connectivity index (χ1n) is 9.17. The van der Waals surface area contributed by atoms with Crippen molar-refractivity contribution in [2.24, 2.45) is 0 Å². The molecule has 0 saturated heterocycles. The highest BCUT2D eigenvalue weighted by Gasteiger charge is 2.25. The Morgan fingerprint density at radius 2 is 1.92 bits per heavy atom. The highest BCUT2D eigenvalue weighted by molar-refractivity contribution is 7.10. The molecule has 0 bridgehead atoms. The largest absolute Gasteiger partial charge is 0.444 e. The number of hydrogen-bond donors (Lipinski definition) is 2. The third-order valence-electron chi connectivity index (χ3n) is 4.54. The van der Waals surface area contributed by atoms with Gasteiger partial charge >= 0.3 is 6.09 Å². The number of thiophene rings is 1. The molecule has 1 amide bonds. The zero-order chi connectivity index (χ0) is 18.4. The van der Waals surface area contributed by atoms with Gasteiger partial charge in [-0.05, 0) is 72.0 Å². The smallest absolute Gasteiger partial charge is 0.407 e. The molecule has 1 aromatic rings. The van der Waals surface area contributed by atoms with E-state index in [1.165, 1.54) is 4.88 Å². The minimum atomic E-state index is -0.439. The van der Waals surface area contributed by atoms with E-state index in [-0.39, 0.29) is 12.1 Å². The number of likely N-dealkylation sites (N-methyl/N-ethyl adjacent to an activating group) is 1. The number of rotatable bonds is 6. The Balaban J connectivity index is 1.72. The Hall–Kier alpha value is -1.11. The van der Waals surface area contributed by atoms with Crippen molar-refractivity contribution in [2.75, 3.05) is 20.6 Å². The monoisotopic (exact) mass is 367 g/mol. The molecule has 25 heavy (non-hydrogen) atoms. The average Bonchev–Trinajstić information content (AvgIpc) is 3.01. The molecule has 1 fully saturated rings. The van der Waals surface area contributed by atoms with Crippen molar-refractivity contribution in [1.29, 1.82) is 0 Å². The van der Waals surface area contributed by atoms with Gasteiger partial charge in [0.1, 0.15) is 5.60 Å². The number of nitrogens with zero attached hydrogens (tertiary/aromatic N) is 1. The van der Waals surface area contributed by atoms with Crippen molar-refractivity contribution in [3.63, 3.8) is 0 Å². The Labute approximate surface area is 156 Å².